The van der Waals surface area contributed by atoms with E-state index in [-0.39, 0.29) is 11.8 Å². The van der Waals surface area contributed by atoms with Crippen LogP contribution in [0, 0.1) is 19.8 Å². The lowest BCUT2D eigenvalue weighted by atomic mass is 9.93. The zero-order chi connectivity index (χ0) is 14.0. The van der Waals surface area contributed by atoms with Crippen LogP contribution in [0.15, 0.2) is 18.2 Å². The fourth-order valence-corrected chi connectivity index (χ4v) is 2.76. The Labute approximate surface area is 114 Å². The number of ketones is 1. The normalized spacial score (nSPS) is 19.6. The molecule has 1 heterocycles. The van der Waals surface area contributed by atoms with Crippen LogP contribution in [0.1, 0.15) is 41.3 Å². The van der Waals surface area contributed by atoms with Crippen molar-refractivity contribution in [2.45, 2.75) is 33.6 Å². The summed E-state index contributed by atoms with van der Waals surface area (Å²) < 4.78 is 0. The van der Waals surface area contributed by atoms with Crippen molar-refractivity contribution in [3.8, 4) is 0 Å². The minimum Gasteiger partial charge on any atom is -0.337 e. The maximum absolute atomic E-state index is 12.6. The summed E-state index contributed by atoms with van der Waals surface area (Å²) in [6.07, 6.45) is 1.31. The molecule has 1 aromatic rings. The molecule has 19 heavy (non-hydrogen) atoms. The van der Waals surface area contributed by atoms with E-state index < -0.39 is 0 Å². The quantitative estimate of drug-likeness (QED) is 0.819. The Hall–Kier alpha value is -1.64. The van der Waals surface area contributed by atoms with Crippen molar-refractivity contribution in [2.24, 2.45) is 5.92 Å². The molecule has 0 aromatic heterocycles. The van der Waals surface area contributed by atoms with Gasteiger partial charge in [0.25, 0.3) is 5.91 Å². The summed E-state index contributed by atoms with van der Waals surface area (Å²) >= 11 is 0. The largest absolute Gasteiger partial charge is 0.337 e. The first-order valence-electron chi connectivity index (χ1n) is 6.92. The van der Waals surface area contributed by atoms with Crippen molar-refractivity contribution >= 4 is 11.7 Å². The van der Waals surface area contributed by atoms with Crippen LogP contribution >= 0.6 is 0 Å². The third-order valence-corrected chi connectivity index (χ3v) is 4.00. The number of benzene rings is 1. The van der Waals surface area contributed by atoms with E-state index in [2.05, 4.69) is 0 Å². The molecule has 1 atom stereocenters. The average Bonchev–Trinajstić information content (AvgIpc) is 2.39. The van der Waals surface area contributed by atoms with Crippen LogP contribution in [0.3, 0.4) is 0 Å². The highest BCUT2D eigenvalue weighted by Gasteiger charge is 2.29. The van der Waals surface area contributed by atoms with Crippen LogP contribution in [0.5, 0.6) is 0 Å². The summed E-state index contributed by atoms with van der Waals surface area (Å²) in [7, 11) is 0. The summed E-state index contributed by atoms with van der Waals surface area (Å²) in [4.78, 5) is 26.2. The number of likely N-dealkylation sites (tertiary alicyclic amines) is 1. The first kappa shape index (κ1) is 13.8. The number of piperidine rings is 1. The molecule has 0 bridgehead atoms. The van der Waals surface area contributed by atoms with Crippen LogP contribution in [-0.2, 0) is 4.79 Å². The smallest absolute Gasteiger partial charge is 0.254 e. The first-order valence-corrected chi connectivity index (χ1v) is 6.92. The highest BCUT2D eigenvalue weighted by molar-refractivity contribution is 5.98. The number of Topliss-reactive ketones (excluding diaryl/α,β-unsaturated/α-hetero) is 1. The van der Waals surface area contributed by atoms with Crippen LogP contribution in [0.25, 0.3) is 0 Å². The number of aryl methyl sites for hydroxylation is 2. The molecule has 1 amide bonds. The maximum atomic E-state index is 12.6. The third-order valence-electron chi connectivity index (χ3n) is 4.00. The molecule has 0 radical (unpaired) electrons. The lowest BCUT2D eigenvalue weighted by Gasteiger charge is -2.32. The van der Waals surface area contributed by atoms with Gasteiger partial charge in [0.05, 0.1) is 0 Å². The Bertz CT molecular complexity index is 487. The summed E-state index contributed by atoms with van der Waals surface area (Å²) in [5, 5.41) is 0. The molecular weight excluding hydrogens is 238 g/mol. The molecule has 102 valence electrons. The molecule has 0 saturated carbocycles. The Morgan fingerprint density at radius 3 is 2.53 bits per heavy atom. The number of hydrogen-bond acceptors (Lipinski definition) is 2. The Morgan fingerprint density at radius 1 is 1.32 bits per heavy atom. The van der Waals surface area contributed by atoms with Gasteiger partial charge < -0.3 is 4.90 Å². The fourth-order valence-electron chi connectivity index (χ4n) is 2.76. The minimum absolute atomic E-state index is 0.0158. The molecule has 0 spiro atoms. The van der Waals surface area contributed by atoms with E-state index in [4.69, 9.17) is 0 Å². The van der Waals surface area contributed by atoms with Crippen LogP contribution in [0.4, 0.5) is 0 Å². The molecule has 1 aliphatic heterocycles. The monoisotopic (exact) mass is 259 g/mol. The van der Waals surface area contributed by atoms with E-state index in [1.807, 2.05) is 43.9 Å². The fraction of sp³-hybridized carbons (Fsp3) is 0.500. The molecule has 1 aromatic carbocycles. The Kier molecular flexibility index (Phi) is 4.03. The van der Waals surface area contributed by atoms with Crippen molar-refractivity contribution in [1.29, 1.82) is 0 Å². The Morgan fingerprint density at radius 2 is 1.95 bits per heavy atom. The van der Waals surface area contributed by atoms with E-state index >= 15 is 0 Å². The molecule has 0 aliphatic carbocycles. The highest BCUT2D eigenvalue weighted by Crippen LogP contribution is 2.21. The summed E-state index contributed by atoms with van der Waals surface area (Å²) in [5.74, 6) is 0.386. The predicted molar refractivity (Wildman–Crippen MR) is 75.2 cm³/mol. The molecule has 2 rings (SSSR count). The number of hydrogen-bond donors (Lipinski definition) is 0. The minimum atomic E-state index is 0.0158. The standard InChI is InChI=1S/C16H21NO2/c1-4-13-10-17(9-8-14(13)18)16(19)15-11(2)6-5-7-12(15)3/h5-7,13H,4,8-10H2,1-3H3. The van der Waals surface area contributed by atoms with Gasteiger partial charge in [0.2, 0.25) is 0 Å². The van der Waals surface area contributed by atoms with Gasteiger partial charge in [0, 0.05) is 31.0 Å². The highest BCUT2D eigenvalue weighted by atomic mass is 16.2. The maximum Gasteiger partial charge on any atom is 0.254 e. The molecule has 1 unspecified atom stereocenters. The van der Waals surface area contributed by atoms with Crippen LogP contribution < -0.4 is 0 Å². The van der Waals surface area contributed by atoms with Gasteiger partial charge in [-0.05, 0) is 31.4 Å². The summed E-state index contributed by atoms with van der Waals surface area (Å²) in [6, 6.07) is 5.90. The number of rotatable bonds is 2. The van der Waals surface area contributed by atoms with Crippen molar-refractivity contribution in [3.05, 3.63) is 34.9 Å². The van der Waals surface area contributed by atoms with Crippen LogP contribution in [-0.4, -0.2) is 29.7 Å². The second-order valence-corrected chi connectivity index (χ2v) is 5.34. The van der Waals surface area contributed by atoms with Crippen molar-refractivity contribution in [1.82, 2.24) is 4.90 Å². The molecular formula is C16H21NO2. The van der Waals surface area contributed by atoms with E-state index in [0.717, 1.165) is 23.1 Å². The molecule has 1 saturated heterocycles. The number of carbonyl (C=O) groups is 2. The van der Waals surface area contributed by atoms with Gasteiger partial charge in [0.15, 0.2) is 0 Å². The van der Waals surface area contributed by atoms with Crippen molar-refractivity contribution < 1.29 is 9.59 Å². The first-order chi connectivity index (χ1) is 9.04. The van der Waals surface area contributed by atoms with Gasteiger partial charge in [-0.2, -0.15) is 0 Å². The zero-order valence-corrected chi connectivity index (χ0v) is 11.9. The molecule has 3 heteroatoms. The van der Waals surface area contributed by atoms with Gasteiger partial charge in [-0.3, -0.25) is 9.59 Å². The van der Waals surface area contributed by atoms with Gasteiger partial charge in [-0.1, -0.05) is 25.1 Å². The topological polar surface area (TPSA) is 37.4 Å². The second kappa shape index (κ2) is 5.55. The zero-order valence-electron chi connectivity index (χ0n) is 11.9. The van der Waals surface area contributed by atoms with Gasteiger partial charge in [0.1, 0.15) is 5.78 Å². The van der Waals surface area contributed by atoms with Crippen LogP contribution in [0.2, 0.25) is 0 Å². The SMILES string of the molecule is CCC1CN(C(=O)c2c(C)cccc2C)CCC1=O. The second-order valence-electron chi connectivity index (χ2n) is 5.34. The lowest BCUT2D eigenvalue weighted by molar-refractivity contribution is -0.125. The van der Waals surface area contributed by atoms with Gasteiger partial charge in [-0.15, -0.1) is 0 Å². The summed E-state index contributed by atoms with van der Waals surface area (Å²) in [6.45, 7) is 7.07. The van der Waals surface area contributed by atoms with Gasteiger partial charge in [-0.25, -0.2) is 0 Å². The average molecular weight is 259 g/mol. The number of nitrogens with zero attached hydrogens (tertiary/aromatic N) is 1. The van der Waals surface area contributed by atoms with E-state index in [0.29, 0.717) is 25.3 Å². The summed E-state index contributed by atoms with van der Waals surface area (Å²) in [5.41, 5.74) is 2.82. The lowest BCUT2D eigenvalue weighted by Crippen LogP contribution is -2.44. The van der Waals surface area contributed by atoms with Crippen molar-refractivity contribution in [3.63, 3.8) is 0 Å². The predicted octanol–water partition coefficient (Wildman–Crippen LogP) is 2.74. The molecule has 1 fully saturated rings. The number of amides is 1. The third kappa shape index (κ3) is 2.70. The molecule has 0 N–H and O–H groups in total. The van der Waals surface area contributed by atoms with E-state index in [1.165, 1.54) is 0 Å². The molecule has 1 aliphatic rings. The number of carbonyl (C=O) groups excluding carboxylic acids is 2. The molecule has 3 nitrogen and oxygen atoms in total. The van der Waals surface area contributed by atoms with Gasteiger partial charge >= 0.3 is 0 Å². The van der Waals surface area contributed by atoms with Crippen molar-refractivity contribution in [2.75, 3.05) is 13.1 Å². The Balaban J connectivity index is 2.23. The van der Waals surface area contributed by atoms with E-state index in [1.54, 1.807) is 0 Å². The van der Waals surface area contributed by atoms with E-state index in [9.17, 15) is 9.59 Å².